The van der Waals surface area contributed by atoms with E-state index < -0.39 is 0 Å². The number of rotatable bonds is 4. The Morgan fingerprint density at radius 2 is 2.13 bits per heavy atom. The Hall–Kier alpha value is -0.890. The van der Waals surface area contributed by atoms with Crippen LogP contribution < -0.4 is 5.73 Å². The fourth-order valence-electron chi connectivity index (χ4n) is 2.07. The minimum absolute atomic E-state index is 0.179. The van der Waals surface area contributed by atoms with E-state index in [0.717, 1.165) is 23.7 Å². The van der Waals surface area contributed by atoms with Gasteiger partial charge in [-0.15, -0.1) is 0 Å². The van der Waals surface area contributed by atoms with Crippen molar-refractivity contribution in [3.8, 4) is 0 Å². The zero-order valence-electron chi connectivity index (χ0n) is 9.66. The monoisotopic (exact) mass is 204 g/mol. The SMILES string of the molecule is Cc1ccc(C(N)CCC2CC2)c(C)n1. The molecule has 2 N–H and O–H groups in total. The fraction of sp³-hybridized carbons (Fsp3) is 0.615. The van der Waals surface area contributed by atoms with Crippen molar-refractivity contribution in [3.63, 3.8) is 0 Å². The molecule has 1 fully saturated rings. The highest BCUT2D eigenvalue weighted by molar-refractivity contribution is 5.24. The first-order chi connectivity index (χ1) is 7.16. The van der Waals surface area contributed by atoms with Crippen molar-refractivity contribution in [1.82, 2.24) is 4.98 Å². The average molecular weight is 204 g/mol. The maximum atomic E-state index is 6.18. The minimum Gasteiger partial charge on any atom is -0.324 e. The van der Waals surface area contributed by atoms with Gasteiger partial charge in [-0.3, -0.25) is 4.98 Å². The molecule has 0 aromatic carbocycles. The van der Waals surface area contributed by atoms with E-state index in [0.29, 0.717) is 0 Å². The Kier molecular flexibility index (Phi) is 3.06. The van der Waals surface area contributed by atoms with E-state index in [2.05, 4.69) is 24.0 Å². The summed E-state index contributed by atoms with van der Waals surface area (Å²) in [7, 11) is 0. The van der Waals surface area contributed by atoms with Crippen LogP contribution in [0.3, 0.4) is 0 Å². The predicted octanol–water partition coefficient (Wildman–Crippen LogP) is 2.89. The van der Waals surface area contributed by atoms with Crippen LogP contribution in [0, 0.1) is 19.8 Å². The van der Waals surface area contributed by atoms with Gasteiger partial charge in [-0.25, -0.2) is 0 Å². The van der Waals surface area contributed by atoms with Crippen LogP contribution in [0.15, 0.2) is 12.1 Å². The highest BCUT2D eigenvalue weighted by Gasteiger charge is 2.22. The lowest BCUT2D eigenvalue weighted by atomic mass is 10.00. The molecule has 1 aliphatic carbocycles. The van der Waals surface area contributed by atoms with Crippen LogP contribution in [0.2, 0.25) is 0 Å². The molecular weight excluding hydrogens is 184 g/mol. The topological polar surface area (TPSA) is 38.9 Å². The third-order valence-corrected chi connectivity index (χ3v) is 3.25. The molecule has 0 saturated heterocycles. The second-order valence-electron chi connectivity index (χ2n) is 4.75. The van der Waals surface area contributed by atoms with Gasteiger partial charge >= 0.3 is 0 Å². The maximum Gasteiger partial charge on any atom is 0.0423 e. The molecule has 1 aromatic heterocycles. The van der Waals surface area contributed by atoms with E-state index in [-0.39, 0.29) is 6.04 Å². The Labute approximate surface area is 91.9 Å². The van der Waals surface area contributed by atoms with E-state index in [1.54, 1.807) is 0 Å². The third-order valence-electron chi connectivity index (χ3n) is 3.25. The molecule has 1 atom stereocenters. The highest BCUT2D eigenvalue weighted by Crippen LogP contribution is 2.35. The van der Waals surface area contributed by atoms with Gasteiger partial charge in [-0.2, -0.15) is 0 Å². The molecule has 0 bridgehead atoms. The Bertz CT molecular complexity index is 342. The first-order valence-corrected chi connectivity index (χ1v) is 5.86. The molecule has 82 valence electrons. The second kappa shape index (κ2) is 4.31. The van der Waals surface area contributed by atoms with Gasteiger partial charge in [0.1, 0.15) is 0 Å². The summed E-state index contributed by atoms with van der Waals surface area (Å²) in [5.74, 6) is 0.967. The maximum absolute atomic E-state index is 6.18. The molecule has 0 spiro atoms. The Morgan fingerprint density at radius 3 is 2.73 bits per heavy atom. The van der Waals surface area contributed by atoms with Crippen LogP contribution in [0.4, 0.5) is 0 Å². The van der Waals surface area contributed by atoms with Crippen LogP contribution in [-0.2, 0) is 0 Å². The molecule has 1 aromatic rings. The zero-order chi connectivity index (χ0) is 10.8. The van der Waals surface area contributed by atoms with Gasteiger partial charge < -0.3 is 5.73 Å². The predicted molar refractivity (Wildman–Crippen MR) is 62.6 cm³/mol. The molecule has 0 radical (unpaired) electrons. The van der Waals surface area contributed by atoms with Gasteiger partial charge in [0.15, 0.2) is 0 Å². The summed E-state index contributed by atoms with van der Waals surface area (Å²) in [5.41, 5.74) is 9.58. The van der Waals surface area contributed by atoms with Crippen LogP contribution in [0.25, 0.3) is 0 Å². The second-order valence-corrected chi connectivity index (χ2v) is 4.75. The summed E-state index contributed by atoms with van der Waals surface area (Å²) < 4.78 is 0. The van der Waals surface area contributed by atoms with Crippen molar-refractivity contribution in [1.29, 1.82) is 0 Å². The Balaban J connectivity index is 1.99. The summed E-state index contributed by atoms with van der Waals surface area (Å²) in [6.45, 7) is 4.08. The lowest BCUT2D eigenvalue weighted by molar-refractivity contribution is 0.571. The average Bonchev–Trinajstić information content (AvgIpc) is 2.97. The van der Waals surface area contributed by atoms with E-state index in [9.17, 15) is 0 Å². The van der Waals surface area contributed by atoms with Gasteiger partial charge in [0, 0.05) is 17.4 Å². The molecule has 2 nitrogen and oxygen atoms in total. The van der Waals surface area contributed by atoms with Crippen LogP contribution in [0.1, 0.15) is 48.7 Å². The van der Waals surface area contributed by atoms with Gasteiger partial charge in [0.25, 0.3) is 0 Å². The van der Waals surface area contributed by atoms with Gasteiger partial charge in [-0.05, 0) is 44.2 Å². The van der Waals surface area contributed by atoms with Gasteiger partial charge in [-0.1, -0.05) is 18.9 Å². The Morgan fingerprint density at radius 1 is 1.40 bits per heavy atom. The number of hydrogen-bond acceptors (Lipinski definition) is 2. The van der Waals surface area contributed by atoms with Gasteiger partial charge in [0.2, 0.25) is 0 Å². The van der Waals surface area contributed by atoms with E-state index >= 15 is 0 Å². The summed E-state index contributed by atoms with van der Waals surface area (Å²) >= 11 is 0. The minimum atomic E-state index is 0.179. The molecule has 1 saturated carbocycles. The van der Waals surface area contributed by atoms with Crippen molar-refractivity contribution < 1.29 is 0 Å². The van der Waals surface area contributed by atoms with Gasteiger partial charge in [0.05, 0.1) is 0 Å². The molecular formula is C13H20N2. The summed E-state index contributed by atoms with van der Waals surface area (Å²) in [4.78, 5) is 4.46. The molecule has 0 amide bonds. The normalized spacial score (nSPS) is 17.8. The van der Waals surface area contributed by atoms with Crippen LogP contribution >= 0.6 is 0 Å². The lowest BCUT2D eigenvalue weighted by Crippen LogP contribution is -2.13. The van der Waals surface area contributed by atoms with Crippen molar-refractivity contribution in [2.24, 2.45) is 11.7 Å². The molecule has 15 heavy (non-hydrogen) atoms. The number of aromatic nitrogens is 1. The van der Waals surface area contributed by atoms with E-state index in [1.165, 1.54) is 24.8 Å². The number of nitrogens with zero attached hydrogens (tertiary/aromatic N) is 1. The van der Waals surface area contributed by atoms with E-state index in [1.807, 2.05) is 6.92 Å². The molecule has 1 heterocycles. The van der Waals surface area contributed by atoms with Crippen molar-refractivity contribution in [2.45, 2.75) is 45.6 Å². The largest absolute Gasteiger partial charge is 0.324 e. The quantitative estimate of drug-likeness (QED) is 0.819. The third kappa shape index (κ3) is 2.78. The molecule has 2 rings (SSSR count). The van der Waals surface area contributed by atoms with Crippen molar-refractivity contribution in [2.75, 3.05) is 0 Å². The molecule has 1 unspecified atom stereocenters. The smallest absolute Gasteiger partial charge is 0.0423 e. The first-order valence-electron chi connectivity index (χ1n) is 5.86. The number of nitrogens with two attached hydrogens (primary N) is 1. The number of hydrogen-bond donors (Lipinski definition) is 1. The molecule has 1 aliphatic rings. The molecule has 2 heteroatoms. The lowest BCUT2D eigenvalue weighted by Gasteiger charge is -2.14. The van der Waals surface area contributed by atoms with Crippen LogP contribution in [-0.4, -0.2) is 4.98 Å². The summed E-state index contributed by atoms with van der Waals surface area (Å²) in [5, 5.41) is 0. The fourth-order valence-corrected chi connectivity index (χ4v) is 2.07. The zero-order valence-corrected chi connectivity index (χ0v) is 9.66. The number of pyridine rings is 1. The van der Waals surface area contributed by atoms with E-state index in [4.69, 9.17) is 5.73 Å². The van der Waals surface area contributed by atoms with Crippen molar-refractivity contribution >= 4 is 0 Å². The molecule has 0 aliphatic heterocycles. The first kappa shape index (κ1) is 10.6. The number of aryl methyl sites for hydroxylation is 2. The highest BCUT2D eigenvalue weighted by atomic mass is 14.7. The standard InChI is InChI=1S/C13H20N2/c1-9-3-7-12(10(2)15-9)13(14)8-6-11-4-5-11/h3,7,11,13H,4-6,8,14H2,1-2H3. The van der Waals surface area contributed by atoms with Crippen LogP contribution in [0.5, 0.6) is 0 Å². The van der Waals surface area contributed by atoms with Crippen molar-refractivity contribution in [3.05, 3.63) is 29.1 Å². The summed E-state index contributed by atoms with van der Waals surface area (Å²) in [6, 6.07) is 4.37. The summed E-state index contributed by atoms with van der Waals surface area (Å²) in [6.07, 6.45) is 5.22.